The molecule has 37 heavy (non-hydrogen) atoms. The molecule has 0 atom stereocenters. The molecular formula is C28H26N4O5. The number of pyridine rings is 2. The summed E-state index contributed by atoms with van der Waals surface area (Å²) in [6.45, 7) is -0.127. The van der Waals surface area contributed by atoms with E-state index in [1.165, 1.54) is 6.20 Å². The average Bonchev–Trinajstić information content (AvgIpc) is 2.95. The molecule has 0 unspecified atom stereocenters. The summed E-state index contributed by atoms with van der Waals surface area (Å²) in [6, 6.07) is 24.0. The molecule has 4 rings (SSSR count). The Morgan fingerprint density at radius 1 is 0.811 bits per heavy atom. The lowest BCUT2D eigenvalue weighted by molar-refractivity contribution is 0.0226. The highest BCUT2D eigenvalue weighted by atomic mass is 16.6. The highest BCUT2D eigenvalue weighted by Gasteiger charge is 2.24. The standard InChI is InChI=1S/C28H26N4O5/c33-17-24-23(27(34)31-15-22-13-7-8-14-29-22)16-30-25(26(24)36-18-20-9-3-1-4-10-20)28(35)32-37-19-21-11-5-2-6-12-21/h1-14,16,33H,15,17-19H2,(H,31,34)(H,32,35). The molecule has 0 aliphatic carbocycles. The molecule has 0 saturated heterocycles. The van der Waals surface area contributed by atoms with Crippen molar-refractivity contribution in [3.63, 3.8) is 0 Å². The molecule has 2 heterocycles. The van der Waals surface area contributed by atoms with Crippen LogP contribution in [0.15, 0.2) is 91.3 Å². The smallest absolute Gasteiger partial charge is 0.297 e. The van der Waals surface area contributed by atoms with E-state index in [0.29, 0.717) is 5.69 Å². The van der Waals surface area contributed by atoms with E-state index in [4.69, 9.17) is 9.57 Å². The van der Waals surface area contributed by atoms with Gasteiger partial charge in [0.2, 0.25) is 0 Å². The third-order valence-corrected chi connectivity index (χ3v) is 5.38. The molecule has 0 bridgehead atoms. The van der Waals surface area contributed by atoms with Gasteiger partial charge < -0.3 is 15.2 Å². The highest BCUT2D eigenvalue weighted by Crippen LogP contribution is 2.27. The van der Waals surface area contributed by atoms with Crippen LogP contribution in [-0.2, 0) is 31.2 Å². The van der Waals surface area contributed by atoms with Gasteiger partial charge in [-0.2, -0.15) is 0 Å². The van der Waals surface area contributed by atoms with Crippen LogP contribution >= 0.6 is 0 Å². The van der Waals surface area contributed by atoms with Gasteiger partial charge in [0.15, 0.2) is 11.4 Å². The van der Waals surface area contributed by atoms with Crippen molar-refractivity contribution >= 4 is 11.8 Å². The zero-order valence-corrected chi connectivity index (χ0v) is 20.0. The second kappa shape index (κ2) is 12.9. The van der Waals surface area contributed by atoms with Crippen LogP contribution in [0.25, 0.3) is 0 Å². The van der Waals surface area contributed by atoms with E-state index in [1.54, 1.807) is 18.3 Å². The van der Waals surface area contributed by atoms with E-state index in [-0.39, 0.29) is 42.3 Å². The predicted molar refractivity (Wildman–Crippen MR) is 135 cm³/mol. The van der Waals surface area contributed by atoms with Crippen molar-refractivity contribution in [2.75, 3.05) is 0 Å². The maximum atomic E-state index is 13.0. The number of rotatable bonds is 11. The zero-order valence-electron chi connectivity index (χ0n) is 20.0. The Labute approximate surface area is 214 Å². The van der Waals surface area contributed by atoms with Crippen LogP contribution < -0.4 is 15.5 Å². The Balaban J connectivity index is 1.56. The van der Waals surface area contributed by atoms with Crippen molar-refractivity contribution < 1.29 is 24.3 Å². The normalized spacial score (nSPS) is 10.5. The number of benzene rings is 2. The van der Waals surface area contributed by atoms with Gasteiger partial charge in [-0.15, -0.1) is 0 Å². The van der Waals surface area contributed by atoms with Crippen LogP contribution in [0.3, 0.4) is 0 Å². The molecule has 188 valence electrons. The number of carbonyl (C=O) groups is 2. The number of carbonyl (C=O) groups excluding carboxylic acids is 2. The first kappa shape index (κ1) is 25.5. The Morgan fingerprint density at radius 2 is 1.49 bits per heavy atom. The van der Waals surface area contributed by atoms with Gasteiger partial charge >= 0.3 is 0 Å². The summed E-state index contributed by atoms with van der Waals surface area (Å²) < 4.78 is 5.95. The van der Waals surface area contributed by atoms with Crippen molar-refractivity contribution in [1.82, 2.24) is 20.8 Å². The Hall–Kier alpha value is -4.60. The van der Waals surface area contributed by atoms with E-state index < -0.39 is 18.4 Å². The van der Waals surface area contributed by atoms with E-state index in [2.05, 4.69) is 20.8 Å². The summed E-state index contributed by atoms with van der Waals surface area (Å²) in [4.78, 5) is 39.7. The summed E-state index contributed by atoms with van der Waals surface area (Å²) >= 11 is 0. The number of hydrogen-bond acceptors (Lipinski definition) is 7. The summed E-state index contributed by atoms with van der Waals surface area (Å²) in [5.74, 6) is -1.16. The monoisotopic (exact) mass is 498 g/mol. The fourth-order valence-electron chi connectivity index (χ4n) is 3.51. The molecule has 0 saturated carbocycles. The third-order valence-electron chi connectivity index (χ3n) is 5.38. The third kappa shape index (κ3) is 6.97. The lowest BCUT2D eigenvalue weighted by Gasteiger charge is -2.17. The van der Waals surface area contributed by atoms with E-state index >= 15 is 0 Å². The fraction of sp³-hybridized carbons (Fsp3) is 0.143. The quantitative estimate of drug-likeness (QED) is 0.271. The molecule has 9 heteroatoms. The van der Waals surface area contributed by atoms with Gasteiger partial charge in [0, 0.05) is 18.0 Å². The van der Waals surface area contributed by atoms with Crippen molar-refractivity contribution in [1.29, 1.82) is 0 Å². The van der Waals surface area contributed by atoms with Gasteiger partial charge in [-0.05, 0) is 23.3 Å². The molecular weight excluding hydrogens is 472 g/mol. The first-order valence-electron chi connectivity index (χ1n) is 11.6. The second-order valence-electron chi connectivity index (χ2n) is 7.97. The Morgan fingerprint density at radius 3 is 2.14 bits per heavy atom. The van der Waals surface area contributed by atoms with Crippen molar-refractivity contribution in [3.05, 3.63) is 125 Å². The lowest BCUT2D eigenvalue weighted by atomic mass is 10.1. The Bertz CT molecular complexity index is 1320. The summed E-state index contributed by atoms with van der Waals surface area (Å²) in [5.41, 5.74) is 4.84. The number of hydrogen-bond donors (Lipinski definition) is 3. The molecule has 0 spiro atoms. The number of amides is 2. The minimum atomic E-state index is -0.672. The number of nitrogens with zero attached hydrogens (tertiary/aromatic N) is 2. The van der Waals surface area contributed by atoms with Crippen LogP contribution in [0.1, 0.15) is 43.2 Å². The van der Waals surface area contributed by atoms with E-state index in [1.807, 2.05) is 66.7 Å². The van der Waals surface area contributed by atoms with Crippen LogP contribution in [0.2, 0.25) is 0 Å². The first-order chi connectivity index (χ1) is 18.2. The highest BCUT2D eigenvalue weighted by molar-refractivity contribution is 5.99. The number of ether oxygens (including phenoxy) is 1. The number of aliphatic hydroxyl groups excluding tert-OH is 1. The first-order valence-corrected chi connectivity index (χ1v) is 11.6. The number of hydroxylamine groups is 1. The van der Waals surface area contributed by atoms with Crippen LogP contribution in [-0.4, -0.2) is 26.9 Å². The SMILES string of the molecule is O=C(NCc1ccccn1)c1cnc(C(=O)NOCc2ccccc2)c(OCc2ccccc2)c1CO. The molecule has 3 N–H and O–H groups in total. The molecule has 0 aliphatic rings. The number of nitrogens with one attached hydrogen (secondary N) is 2. The van der Waals surface area contributed by atoms with Crippen molar-refractivity contribution in [2.24, 2.45) is 0 Å². The summed E-state index contributed by atoms with van der Waals surface area (Å²) in [5, 5.41) is 13.0. The summed E-state index contributed by atoms with van der Waals surface area (Å²) in [6.07, 6.45) is 2.87. The van der Waals surface area contributed by atoms with Crippen molar-refractivity contribution in [2.45, 2.75) is 26.4 Å². The maximum Gasteiger partial charge on any atom is 0.297 e. The average molecular weight is 499 g/mol. The van der Waals surface area contributed by atoms with Crippen LogP contribution in [0.4, 0.5) is 0 Å². The predicted octanol–water partition coefficient (Wildman–Crippen LogP) is 3.34. The molecule has 9 nitrogen and oxygen atoms in total. The molecule has 0 fully saturated rings. The molecule has 0 aliphatic heterocycles. The maximum absolute atomic E-state index is 13.0. The number of aliphatic hydroxyl groups is 1. The molecule has 2 amide bonds. The Kier molecular flexibility index (Phi) is 8.90. The van der Waals surface area contributed by atoms with Gasteiger partial charge in [0.05, 0.1) is 31.0 Å². The van der Waals surface area contributed by atoms with E-state index in [9.17, 15) is 14.7 Å². The van der Waals surface area contributed by atoms with Gasteiger partial charge in [0.1, 0.15) is 6.61 Å². The van der Waals surface area contributed by atoms with E-state index in [0.717, 1.165) is 11.1 Å². The van der Waals surface area contributed by atoms with Gasteiger partial charge in [-0.1, -0.05) is 66.7 Å². The molecule has 0 radical (unpaired) electrons. The topological polar surface area (TPSA) is 123 Å². The van der Waals surface area contributed by atoms with Crippen LogP contribution in [0, 0.1) is 0 Å². The minimum Gasteiger partial charge on any atom is -0.486 e. The molecule has 2 aromatic heterocycles. The van der Waals surface area contributed by atoms with Gasteiger partial charge in [-0.3, -0.25) is 19.4 Å². The molecule has 4 aromatic rings. The number of aromatic nitrogens is 2. The van der Waals surface area contributed by atoms with Gasteiger partial charge in [0.25, 0.3) is 11.8 Å². The van der Waals surface area contributed by atoms with Crippen LogP contribution in [0.5, 0.6) is 5.75 Å². The largest absolute Gasteiger partial charge is 0.486 e. The molecule has 2 aromatic carbocycles. The zero-order chi connectivity index (χ0) is 25.9. The lowest BCUT2D eigenvalue weighted by Crippen LogP contribution is -2.28. The second-order valence-corrected chi connectivity index (χ2v) is 7.97. The summed E-state index contributed by atoms with van der Waals surface area (Å²) in [7, 11) is 0. The fourth-order valence-corrected chi connectivity index (χ4v) is 3.51. The minimum absolute atomic E-state index is 0.00218. The van der Waals surface area contributed by atoms with Gasteiger partial charge in [-0.25, -0.2) is 10.5 Å². The van der Waals surface area contributed by atoms with Crippen molar-refractivity contribution in [3.8, 4) is 5.75 Å².